The molecule has 0 saturated heterocycles. The van der Waals surface area contributed by atoms with Crippen LogP contribution in [0.5, 0.6) is 5.75 Å². The van der Waals surface area contributed by atoms with Gasteiger partial charge in [0.2, 0.25) is 5.56 Å². The summed E-state index contributed by atoms with van der Waals surface area (Å²) in [5, 5.41) is 0.918. The molecule has 0 bridgehead atoms. The maximum atomic E-state index is 11.7. The molecule has 0 aliphatic rings. The van der Waals surface area contributed by atoms with Gasteiger partial charge < -0.3 is 14.5 Å². The van der Waals surface area contributed by atoms with Gasteiger partial charge in [-0.1, -0.05) is 50.1 Å². The Morgan fingerprint density at radius 1 is 1.07 bits per heavy atom. The first-order valence-corrected chi connectivity index (χ1v) is 10.1. The zero-order valence-corrected chi connectivity index (χ0v) is 16.9. The first-order valence-electron chi connectivity index (χ1n) is 10.1. The highest BCUT2D eigenvalue weighted by molar-refractivity contribution is 5.84. The fourth-order valence-corrected chi connectivity index (χ4v) is 3.39. The van der Waals surface area contributed by atoms with Gasteiger partial charge in [0.25, 0.3) is 0 Å². The van der Waals surface area contributed by atoms with Crippen molar-refractivity contribution in [2.75, 3.05) is 0 Å². The summed E-state index contributed by atoms with van der Waals surface area (Å²) in [6.07, 6.45) is 3.81. The predicted molar refractivity (Wildman–Crippen MR) is 114 cm³/mol. The first-order chi connectivity index (χ1) is 14.1. The molecule has 0 spiro atoms. The van der Waals surface area contributed by atoms with Crippen molar-refractivity contribution in [2.45, 2.75) is 52.2 Å². The minimum atomic E-state index is -0.270. The number of esters is 1. The van der Waals surface area contributed by atoms with Crippen molar-refractivity contribution >= 4 is 16.9 Å². The number of fused-ring (bicyclic) bond motifs is 1. The summed E-state index contributed by atoms with van der Waals surface area (Å²) in [5.41, 5.74) is 2.48. The number of para-hydroxylation sites is 1. The molecule has 5 nitrogen and oxygen atoms in total. The summed E-state index contributed by atoms with van der Waals surface area (Å²) < 4.78 is 11.5. The van der Waals surface area contributed by atoms with E-state index in [1.54, 1.807) is 6.07 Å². The highest BCUT2D eigenvalue weighted by Crippen LogP contribution is 2.27. The van der Waals surface area contributed by atoms with Crippen molar-refractivity contribution in [1.82, 2.24) is 4.98 Å². The number of benzene rings is 2. The minimum Gasteiger partial charge on any atom is -0.487 e. The molecule has 0 aliphatic heterocycles. The van der Waals surface area contributed by atoms with Gasteiger partial charge in [-0.15, -0.1) is 0 Å². The van der Waals surface area contributed by atoms with Crippen molar-refractivity contribution in [3.8, 4) is 5.75 Å². The Labute approximate surface area is 170 Å². The average Bonchev–Trinajstić information content (AvgIpc) is 2.71. The summed E-state index contributed by atoms with van der Waals surface area (Å²) >= 11 is 0. The van der Waals surface area contributed by atoms with Crippen molar-refractivity contribution in [3.05, 3.63) is 76.1 Å². The highest BCUT2D eigenvalue weighted by atomic mass is 16.5. The minimum absolute atomic E-state index is 0.160. The maximum Gasteiger partial charge on any atom is 0.303 e. The van der Waals surface area contributed by atoms with E-state index in [4.69, 9.17) is 9.47 Å². The van der Waals surface area contributed by atoms with Crippen LogP contribution in [0.1, 0.15) is 56.8 Å². The lowest BCUT2D eigenvalue weighted by atomic mass is 10.0. The Morgan fingerprint density at radius 2 is 1.90 bits per heavy atom. The largest absolute Gasteiger partial charge is 0.487 e. The Kier molecular flexibility index (Phi) is 7.06. The quantitative estimate of drug-likeness (QED) is 0.396. The van der Waals surface area contributed by atoms with Crippen molar-refractivity contribution in [1.29, 1.82) is 0 Å². The number of rotatable bonds is 9. The summed E-state index contributed by atoms with van der Waals surface area (Å²) in [7, 11) is 0. The molecule has 29 heavy (non-hydrogen) atoms. The van der Waals surface area contributed by atoms with Crippen molar-refractivity contribution in [2.24, 2.45) is 0 Å². The Morgan fingerprint density at radius 3 is 2.69 bits per heavy atom. The van der Waals surface area contributed by atoms with Gasteiger partial charge >= 0.3 is 5.97 Å². The van der Waals surface area contributed by atoms with Crippen LogP contribution in [-0.2, 0) is 16.1 Å². The number of hydrogen-bond acceptors (Lipinski definition) is 4. The monoisotopic (exact) mass is 393 g/mol. The fourth-order valence-electron chi connectivity index (χ4n) is 3.39. The van der Waals surface area contributed by atoms with Gasteiger partial charge in [0.1, 0.15) is 18.5 Å². The van der Waals surface area contributed by atoms with Gasteiger partial charge in [-0.3, -0.25) is 9.59 Å². The van der Waals surface area contributed by atoms with E-state index in [-0.39, 0.29) is 17.6 Å². The third kappa shape index (κ3) is 5.70. The third-order valence-corrected chi connectivity index (χ3v) is 4.82. The van der Waals surface area contributed by atoms with Crippen LogP contribution in [0, 0.1) is 0 Å². The lowest BCUT2D eigenvalue weighted by Gasteiger charge is -2.18. The molecule has 1 heterocycles. The molecular weight excluding hydrogens is 366 g/mol. The standard InChI is InChI=1S/C24H27NO4/c1-3-4-5-11-21(29-17(2)26)20-10-6-8-18(15-20)16-28-22-12-7-9-19-13-14-23(27)25-24(19)22/h6-10,12-15,21H,3-5,11,16H2,1-2H3,(H,25,27). The predicted octanol–water partition coefficient (Wildman–Crippen LogP) is 5.29. The molecule has 3 rings (SSSR count). The van der Waals surface area contributed by atoms with Crippen LogP contribution in [0.2, 0.25) is 0 Å². The summed E-state index contributed by atoms with van der Waals surface area (Å²) in [4.78, 5) is 26.0. The molecule has 2 aromatic carbocycles. The van der Waals surface area contributed by atoms with E-state index in [2.05, 4.69) is 11.9 Å². The van der Waals surface area contributed by atoms with Crippen LogP contribution in [0.3, 0.4) is 0 Å². The third-order valence-electron chi connectivity index (χ3n) is 4.82. The van der Waals surface area contributed by atoms with Gasteiger partial charge in [-0.05, 0) is 42.2 Å². The SMILES string of the molecule is CCCCCC(OC(C)=O)c1cccc(COc2cccc3ccc(=O)[nH]c23)c1. The zero-order chi connectivity index (χ0) is 20.6. The number of carbonyl (C=O) groups excluding carboxylic acids is 1. The van der Waals surface area contributed by atoms with E-state index in [1.165, 1.54) is 13.0 Å². The molecule has 0 radical (unpaired) electrons. The molecule has 3 aromatic rings. The maximum absolute atomic E-state index is 11.7. The van der Waals surface area contributed by atoms with Crippen LogP contribution in [0.15, 0.2) is 59.4 Å². The van der Waals surface area contributed by atoms with E-state index >= 15 is 0 Å². The zero-order valence-electron chi connectivity index (χ0n) is 16.9. The van der Waals surface area contributed by atoms with Crippen LogP contribution >= 0.6 is 0 Å². The normalized spacial score (nSPS) is 11.9. The second kappa shape index (κ2) is 9.92. The number of hydrogen-bond donors (Lipinski definition) is 1. The lowest BCUT2D eigenvalue weighted by Crippen LogP contribution is -2.09. The van der Waals surface area contributed by atoms with E-state index < -0.39 is 0 Å². The number of ether oxygens (including phenoxy) is 2. The Balaban J connectivity index is 1.76. The number of carbonyl (C=O) groups is 1. The first kappa shape index (κ1) is 20.6. The molecule has 0 saturated carbocycles. The molecule has 1 atom stereocenters. The van der Waals surface area contributed by atoms with Gasteiger partial charge in [0.15, 0.2) is 0 Å². The number of nitrogens with one attached hydrogen (secondary N) is 1. The molecule has 1 N–H and O–H groups in total. The Bertz CT molecular complexity index is 1020. The second-order valence-electron chi connectivity index (χ2n) is 7.17. The number of aromatic amines is 1. The van der Waals surface area contributed by atoms with E-state index in [0.29, 0.717) is 17.9 Å². The second-order valence-corrected chi connectivity index (χ2v) is 7.17. The highest BCUT2D eigenvalue weighted by Gasteiger charge is 2.15. The van der Waals surface area contributed by atoms with Gasteiger partial charge in [0.05, 0.1) is 5.52 Å². The number of aromatic nitrogens is 1. The molecule has 152 valence electrons. The van der Waals surface area contributed by atoms with Gasteiger partial charge in [0, 0.05) is 18.4 Å². The van der Waals surface area contributed by atoms with Gasteiger partial charge in [-0.25, -0.2) is 0 Å². The van der Waals surface area contributed by atoms with Gasteiger partial charge in [-0.2, -0.15) is 0 Å². The van der Waals surface area contributed by atoms with E-state index in [9.17, 15) is 9.59 Å². The van der Waals surface area contributed by atoms with Crippen molar-refractivity contribution in [3.63, 3.8) is 0 Å². The molecule has 1 unspecified atom stereocenters. The molecule has 5 heteroatoms. The van der Waals surface area contributed by atoms with Crippen LogP contribution in [0.4, 0.5) is 0 Å². The molecule has 0 fully saturated rings. The van der Waals surface area contributed by atoms with Crippen LogP contribution in [0.25, 0.3) is 10.9 Å². The summed E-state index contributed by atoms with van der Waals surface area (Å²) in [5.74, 6) is 0.359. The van der Waals surface area contributed by atoms with E-state index in [0.717, 1.165) is 42.2 Å². The topological polar surface area (TPSA) is 68.4 Å². The number of pyridine rings is 1. The van der Waals surface area contributed by atoms with E-state index in [1.807, 2.05) is 42.5 Å². The smallest absolute Gasteiger partial charge is 0.303 e. The number of H-pyrrole nitrogens is 1. The molecule has 0 aliphatic carbocycles. The molecular formula is C24H27NO4. The summed E-state index contributed by atoms with van der Waals surface area (Å²) in [6, 6.07) is 16.9. The van der Waals surface area contributed by atoms with Crippen LogP contribution in [-0.4, -0.2) is 11.0 Å². The van der Waals surface area contributed by atoms with Crippen LogP contribution < -0.4 is 10.3 Å². The fraction of sp³-hybridized carbons (Fsp3) is 0.333. The average molecular weight is 393 g/mol. The Hall–Kier alpha value is -3.08. The molecule has 0 amide bonds. The van der Waals surface area contributed by atoms with Crippen molar-refractivity contribution < 1.29 is 14.3 Å². The lowest BCUT2D eigenvalue weighted by molar-refractivity contribution is -0.147. The summed E-state index contributed by atoms with van der Waals surface area (Å²) in [6.45, 7) is 3.95. The molecule has 1 aromatic heterocycles. The number of unbranched alkanes of at least 4 members (excludes halogenated alkanes) is 2.